The molecule has 1 aromatic rings. The molecule has 0 aromatic carbocycles. The van der Waals surface area contributed by atoms with Crippen molar-refractivity contribution in [3.8, 4) is 0 Å². The van der Waals surface area contributed by atoms with Crippen molar-refractivity contribution in [3.63, 3.8) is 0 Å². The van der Waals surface area contributed by atoms with Crippen LogP contribution in [0.3, 0.4) is 0 Å². The summed E-state index contributed by atoms with van der Waals surface area (Å²) < 4.78 is 11.6. The molecule has 4 heterocycles. The van der Waals surface area contributed by atoms with Gasteiger partial charge in [-0.25, -0.2) is 0 Å². The Bertz CT molecular complexity index is 516. The molecule has 0 unspecified atom stereocenters. The van der Waals surface area contributed by atoms with Crippen molar-refractivity contribution < 1.29 is 13.9 Å². The van der Waals surface area contributed by atoms with E-state index in [1.54, 1.807) is 6.26 Å². The second-order valence-corrected chi connectivity index (χ2v) is 6.77. The summed E-state index contributed by atoms with van der Waals surface area (Å²) in [6, 6.07) is 4.18. The maximum absolute atomic E-state index is 12.2. The molecule has 5 nitrogen and oxygen atoms in total. The first-order valence-corrected chi connectivity index (χ1v) is 8.47. The number of likely N-dealkylation sites (tertiary alicyclic amines) is 2. The van der Waals surface area contributed by atoms with E-state index in [2.05, 4.69) is 9.80 Å². The van der Waals surface area contributed by atoms with Crippen molar-refractivity contribution in [1.82, 2.24) is 9.80 Å². The molecule has 1 aromatic heterocycles. The minimum absolute atomic E-state index is 0.212. The van der Waals surface area contributed by atoms with Crippen LogP contribution in [0.15, 0.2) is 22.8 Å². The summed E-state index contributed by atoms with van der Waals surface area (Å²) in [6.45, 7) is 4.51. The molecule has 3 saturated heterocycles. The highest BCUT2D eigenvalue weighted by molar-refractivity contribution is 5.78. The standard InChI is InChI=1S/C17H24N2O3/c20-16-6-1-7-19(16)15-12-18(11-14-5-3-8-21-14)10-13-4-2-9-22-17(13)15/h3,5,8,13,15,17H,1-2,4,6-7,9-12H2/t13-,15-,17-/m1/s1. The minimum Gasteiger partial charge on any atom is -0.468 e. The number of rotatable bonds is 3. The molecule has 4 rings (SSSR count). The zero-order chi connectivity index (χ0) is 14.9. The van der Waals surface area contributed by atoms with E-state index in [0.717, 1.165) is 51.4 Å². The van der Waals surface area contributed by atoms with Crippen LogP contribution in [-0.2, 0) is 16.1 Å². The lowest BCUT2D eigenvalue weighted by molar-refractivity contribution is -0.145. The molecule has 3 aliphatic heterocycles. The van der Waals surface area contributed by atoms with Crippen LogP contribution in [0.2, 0.25) is 0 Å². The molecule has 22 heavy (non-hydrogen) atoms. The molecule has 120 valence electrons. The summed E-state index contributed by atoms with van der Waals surface area (Å²) in [7, 11) is 0. The molecule has 0 spiro atoms. The number of hydrogen-bond donors (Lipinski definition) is 0. The van der Waals surface area contributed by atoms with Crippen LogP contribution < -0.4 is 0 Å². The second-order valence-electron chi connectivity index (χ2n) is 6.77. The lowest BCUT2D eigenvalue weighted by Crippen LogP contribution is -2.61. The number of nitrogens with zero attached hydrogens (tertiary/aromatic N) is 2. The van der Waals surface area contributed by atoms with Crippen molar-refractivity contribution >= 4 is 5.91 Å². The fraction of sp³-hybridized carbons (Fsp3) is 0.706. The summed E-state index contributed by atoms with van der Waals surface area (Å²) in [4.78, 5) is 16.7. The van der Waals surface area contributed by atoms with Gasteiger partial charge >= 0.3 is 0 Å². The van der Waals surface area contributed by atoms with E-state index in [-0.39, 0.29) is 12.1 Å². The highest BCUT2D eigenvalue weighted by Crippen LogP contribution is 2.33. The van der Waals surface area contributed by atoms with Gasteiger partial charge in [0.05, 0.1) is 25.0 Å². The van der Waals surface area contributed by atoms with Gasteiger partial charge in [0.25, 0.3) is 0 Å². The van der Waals surface area contributed by atoms with E-state index in [1.807, 2.05) is 12.1 Å². The van der Waals surface area contributed by atoms with Gasteiger partial charge in [0.1, 0.15) is 5.76 Å². The average molecular weight is 304 g/mol. The first kappa shape index (κ1) is 14.3. The zero-order valence-electron chi connectivity index (χ0n) is 12.9. The van der Waals surface area contributed by atoms with Gasteiger partial charge in [-0.05, 0) is 37.3 Å². The maximum atomic E-state index is 12.2. The fourth-order valence-electron chi connectivity index (χ4n) is 4.31. The fourth-order valence-corrected chi connectivity index (χ4v) is 4.31. The average Bonchev–Trinajstić information content (AvgIpc) is 3.18. The predicted molar refractivity (Wildman–Crippen MR) is 81.2 cm³/mol. The number of amides is 1. The lowest BCUT2D eigenvalue weighted by Gasteiger charge is -2.48. The molecule has 3 aliphatic rings. The van der Waals surface area contributed by atoms with Crippen molar-refractivity contribution in [1.29, 1.82) is 0 Å². The Morgan fingerprint density at radius 2 is 2.23 bits per heavy atom. The Morgan fingerprint density at radius 1 is 1.27 bits per heavy atom. The molecule has 1 amide bonds. The number of furan rings is 1. The molecule has 0 aliphatic carbocycles. The van der Waals surface area contributed by atoms with Crippen LogP contribution in [0.5, 0.6) is 0 Å². The highest BCUT2D eigenvalue weighted by Gasteiger charge is 2.44. The maximum Gasteiger partial charge on any atom is 0.223 e. The number of carbonyl (C=O) groups is 1. The van der Waals surface area contributed by atoms with E-state index in [0.29, 0.717) is 18.2 Å². The molecule has 3 atom stereocenters. The van der Waals surface area contributed by atoms with Crippen LogP contribution in [0.4, 0.5) is 0 Å². The van der Waals surface area contributed by atoms with Crippen molar-refractivity contribution in [2.75, 3.05) is 26.2 Å². The molecule has 0 saturated carbocycles. The first-order chi connectivity index (χ1) is 10.8. The lowest BCUT2D eigenvalue weighted by atomic mass is 9.84. The van der Waals surface area contributed by atoms with E-state index in [1.165, 1.54) is 6.42 Å². The van der Waals surface area contributed by atoms with Crippen LogP contribution in [0.1, 0.15) is 31.4 Å². The third kappa shape index (κ3) is 2.68. The summed E-state index contributed by atoms with van der Waals surface area (Å²) in [5.74, 6) is 1.84. The Labute approximate surface area is 131 Å². The third-order valence-corrected chi connectivity index (χ3v) is 5.28. The first-order valence-electron chi connectivity index (χ1n) is 8.47. The largest absolute Gasteiger partial charge is 0.468 e. The minimum atomic E-state index is 0.212. The second kappa shape index (κ2) is 6.05. The Kier molecular flexibility index (Phi) is 3.92. The zero-order valence-corrected chi connectivity index (χ0v) is 12.9. The number of hydrogen-bond acceptors (Lipinski definition) is 4. The highest BCUT2D eigenvalue weighted by atomic mass is 16.5. The van der Waals surface area contributed by atoms with Crippen molar-refractivity contribution in [2.24, 2.45) is 5.92 Å². The number of carbonyl (C=O) groups excluding carboxylic acids is 1. The van der Waals surface area contributed by atoms with E-state index in [9.17, 15) is 4.79 Å². The van der Waals surface area contributed by atoms with Gasteiger partial charge in [-0.2, -0.15) is 0 Å². The quantitative estimate of drug-likeness (QED) is 0.855. The molecule has 3 fully saturated rings. The Hall–Kier alpha value is -1.33. The third-order valence-electron chi connectivity index (χ3n) is 5.28. The SMILES string of the molecule is O=C1CCCN1[C@@H]1CN(Cc2ccco2)C[C@H]2CCCO[C@H]21. The van der Waals surface area contributed by atoms with Crippen LogP contribution in [-0.4, -0.2) is 54.1 Å². The molecular weight excluding hydrogens is 280 g/mol. The van der Waals surface area contributed by atoms with E-state index < -0.39 is 0 Å². The van der Waals surface area contributed by atoms with Crippen LogP contribution in [0, 0.1) is 5.92 Å². The number of ether oxygens (including phenoxy) is 1. The van der Waals surface area contributed by atoms with E-state index in [4.69, 9.17) is 9.15 Å². The summed E-state index contributed by atoms with van der Waals surface area (Å²) in [6.07, 6.45) is 5.99. The molecule has 0 N–H and O–H groups in total. The Balaban J connectivity index is 1.52. The van der Waals surface area contributed by atoms with Crippen LogP contribution >= 0.6 is 0 Å². The van der Waals surface area contributed by atoms with Crippen molar-refractivity contribution in [2.45, 2.75) is 44.4 Å². The van der Waals surface area contributed by atoms with E-state index >= 15 is 0 Å². The van der Waals surface area contributed by atoms with Gasteiger partial charge in [0, 0.05) is 32.7 Å². The van der Waals surface area contributed by atoms with Gasteiger partial charge in [-0.15, -0.1) is 0 Å². The van der Waals surface area contributed by atoms with Gasteiger partial charge in [-0.3, -0.25) is 9.69 Å². The topological polar surface area (TPSA) is 45.9 Å². The normalized spacial score (nSPS) is 33.2. The van der Waals surface area contributed by atoms with Crippen LogP contribution in [0.25, 0.3) is 0 Å². The molecule has 0 bridgehead atoms. The monoisotopic (exact) mass is 304 g/mol. The molecule has 0 radical (unpaired) electrons. The summed E-state index contributed by atoms with van der Waals surface area (Å²) in [5, 5.41) is 0. The van der Waals surface area contributed by atoms with Gasteiger partial charge in [-0.1, -0.05) is 0 Å². The van der Waals surface area contributed by atoms with Crippen molar-refractivity contribution in [3.05, 3.63) is 24.2 Å². The predicted octanol–water partition coefficient (Wildman–Crippen LogP) is 1.88. The molecular formula is C17H24N2O3. The number of fused-ring (bicyclic) bond motifs is 1. The summed E-state index contributed by atoms with van der Waals surface area (Å²) >= 11 is 0. The smallest absolute Gasteiger partial charge is 0.223 e. The number of piperidine rings is 1. The van der Waals surface area contributed by atoms with Gasteiger partial charge in [0.2, 0.25) is 5.91 Å². The van der Waals surface area contributed by atoms with Gasteiger partial charge < -0.3 is 14.1 Å². The Morgan fingerprint density at radius 3 is 3.00 bits per heavy atom. The molecule has 5 heteroatoms. The van der Waals surface area contributed by atoms with Gasteiger partial charge in [0.15, 0.2) is 0 Å². The summed E-state index contributed by atoms with van der Waals surface area (Å²) in [5.41, 5.74) is 0.